The smallest absolute Gasteiger partial charge is 0.221 e. The number of nitrogens with zero attached hydrogens (tertiary/aromatic N) is 2. The quantitative estimate of drug-likeness (QED) is 0.908. The molecule has 0 aliphatic rings. The Hall–Kier alpha value is -1.52. The summed E-state index contributed by atoms with van der Waals surface area (Å²) in [5.41, 5.74) is 7.55. The first kappa shape index (κ1) is 13.9. The van der Waals surface area contributed by atoms with Gasteiger partial charge in [0.1, 0.15) is 5.82 Å². The van der Waals surface area contributed by atoms with E-state index in [0.29, 0.717) is 16.6 Å². The largest absolute Gasteiger partial charge is 0.369 e. The lowest BCUT2D eigenvalue weighted by Gasteiger charge is -2.09. The molecule has 0 unspecified atom stereocenters. The number of nitrogen functional groups attached to an aromatic ring is 1. The third-order valence-corrected chi connectivity index (χ3v) is 3.28. The molecule has 0 amide bonds. The Labute approximate surface area is 122 Å². The molecule has 100 valence electrons. The summed E-state index contributed by atoms with van der Waals surface area (Å²) in [5.74, 6) is 1.01. The van der Waals surface area contributed by atoms with Gasteiger partial charge in [-0.15, -0.1) is 0 Å². The van der Waals surface area contributed by atoms with Crippen molar-refractivity contribution in [3.63, 3.8) is 0 Å². The van der Waals surface area contributed by atoms with Crippen LogP contribution in [0.3, 0.4) is 0 Å². The highest BCUT2D eigenvalue weighted by molar-refractivity contribution is 6.35. The molecule has 0 spiro atoms. The van der Waals surface area contributed by atoms with E-state index in [4.69, 9.17) is 28.9 Å². The highest BCUT2D eigenvalue weighted by Gasteiger charge is 2.04. The van der Waals surface area contributed by atoms with Gasteiger partial charge in [-0.2, -0.15) is 4.98 Å². The molecule has 0 bridgehead atoms. The topological polar surface area (TPSA) is 63.8 Å². The van der Waals surface area contributed by atoms with Crippen molar-refractivity contribution < 1.29 is 0 Å². The maximum absolute atomic E-state index is 6.11. The van der Waals surface area contributed by atoms with Gasteiger partial charge in [0.15, 0.2) is 0 Å². The number of halogens is 2. The van der Waals surface area contributed by atoms with Gasteiger partial charge in [0, 0.05) is 28.4 Å². The zero-order valence-electron chi connectivity index (χ0n) is 10.5. The standard InChI is InChI=1S/C13H14Cl2N4/c1-8-7-18-13(16)19-12(8)17-5-4-9-2-3-10(14)6-11(9)15/h2-3,6-7H,4-5H2,1H3,(H3,16,17,18,19). The Kier molecular flexibility index (Phi) is 4.45. The molecule has 6 heteroatoms. The molecular weight excluding hydrogens is 283 g/mol. The fourth-order valence-electron chi connectivity index (χ4n) is 1.67. The molecule has 1 aromatic heterocycles. The second kappa shape index (κ2) is 6.08. The number of aryl methyl sites for hydroxylation is 1. The van der Waals surface area contributed by atoms with E-state index in [1.807, 2.05) is 19.1 Å². The van der Waals surface area contributed by atoms with Gasteiger partial charge in [-0.1, -0.05) is 29.3 Å². The zero-order valence-corrected chi connectivity index (χ0v) is 12.0. The average Bonchev–Trinajstić information content (AvgIpc) is 2.36. The van der Waals surface area contributed by atoms with E-state index < -0.39 is 0 Å². The van der Waals surface area contributed by atoms with Gasteiger partial charge in [-0.25, -0.2) is 4.98 Å². The number of nitrogens with two attached hydrogens (primary N) is 1. The van der Waals surface area contributed by atoms with Crippen LogP contribution in [0.15, 0.2) is 24.4 Å². The maximum Gasteiger partial charge on any atom is 0.221 e. The van der Waals surface area contributed by atoms with Crippen LogP contribution >= 0.6 is 23.2 Å². The summed E-state index contributed by atoms with van der Waals surface area (Å²) in [4.78, 5) is 8.06. The Morgan fingerprint density at radius 3 is 2.84 bits per heavy atom. The minimum Gasteiger partial charge on any atom is -0.369 e. The summed E-state index contributed by atoms with van der Waals surface area (Å²) in [6.07, 6.45) is 2.47. The minimum absolute atomic E-state index is 0.262. The van der Waals surface area contributed by atoms with Crippen molar-refractivity contribution in [3.8, 4) is 0 Å². The highest BCUT2D eigenvalue weighted by Crippen LogP contribution is 2.21. The predicted molar refractivity (Wildman–Crippen MR) is 79.8 cm³/mol. The van der Waals surface area contributed by atoms with Gasteiger partial charge in [-0.3, -0.25) is 0 Å². The van der Waals surface area contributed by atoms with Crippen molar-refractivity contribution in [2.75, 3.05) is 17.6 Å². The molecule has 0 aliphatic heterocycles. The molecule has 0 fully saturated rings. The van der Waals surface area contributed by atoms with Crippen molar-refractivity contribution in [1.82, 2.24) is 9.97 Å². The number of anilines is 2. The van der Waals surface area contributed by atoms with Crippen molar-refractivity contribution in [1.29, 1.82) is 0 Å². The lowest BCUT2D eigenvalue weighted by Crippen LogP contribution is -2.09. The van der Waals surface area contributed by atoms with E-state index in [1.54, 1.807) is 12.3 Å². The molecule has 1 aromatic carbocycles. The van der Waals surface area contributed by atoms with E-state index in [1.165, 1.54) is 0 Å². The minimum atomic E-state index is 0.262. The fourth-order valence-corrected chi connectivity index (χ4v) is 2.18. The van der Waals surface area contributed by atoms with E-state index in [0.717, 1.165) is 23.4 Å². The molecule has 4 nitrogen and oxygen atoms in total. The van der Waals surface area contributed by atoms with Crippen LogP contribution in [-0.2, 0) is 6.42 Å². The Morgan fingerprint density at radius 1 is 1.32 bits per heavy atom. The third-order valence-electron chi connectivity index (χ3n) is 2.69. The first-order valence-electron chi connectivity index (χ1n) is 5.83. The van der Waals surface area contributed by atoms with Crippen LogP contribution in [0, 0.1) is 6.92 Å². The van der Waals surface area contributed by atoms with Gasteiger partial charge in [0.25, 0.3) is 0 Å². The number of nitrogens with one attached hydrogen (secondary N) is 1. The molecule has 0 atom stereocenters. The first-order valence-corrected chi connectivity index (χ1v) is 6.59. The number of rotatable bonds is 4. The van der Waals surface area contributed by atoms with E-state index in [9.17, 15) is 0 Å². The van der Waals surface area contributed by atoms with Crippen molar-refractivity contribution >= 4 is 35.0 Å². The molecule has 0 saturated carbocycles. The van der Waals surface area contributed by atoms with Gasteiger partial charge >= 0.3 is 0 Å². The van der Waals surface area contributed by atoms with Crippen molar-refractivity contribution in [3.05, 3.63) is 45.6 Å². The molecular formula is C13H14Cl2N4. The summed E-state index contributed by atoms with van der Waals surface area (Å²) in [6, 6.07) is 5.50. The second-order valence-electron chi connectivity index (χ2n) is 4.17. The zero-order chi connectivity index (χ0) is 13.8. The van der Waals surface area contributed by atoms with Crippen LogP contribution in [-0.4, -0.2) is 16.5 Å². The summed E-state index contributed by atoms with van der Waals surface area (Å²) >= 11 is 12.0. The van der Waals surface area contributed by atoms with Crippen LogP contribution in [0.2, 0.25) is 10.0 Å². The summed E-state index contributed by atoms with van der Waals surface area (Å²) in [7, 11) is 0. The monoisotopic (exact) mass is 296 g/mol. The molecule has 3 N–H and O–H groups in total. The number of hydrogen-bond acceptors (Lipinski definition) is 4. The fraction of sp³-hybridized carbons (Fsp3) is 0.231. The van der Waals surface area contributed by atoms with Crippen LogP contribution in [0.1, 0.15) is 11.1 Å². The van der Waals surface area contributed by atoms with Gasteiger partial charge in [-0.05, 0) is 31.0 Å². The van der Waals surface area contributed by atoms with Crippen molar-refractivity contribution in [2.45, 2.75) is 13.3 Å². The van der Waals surface area contributed by atoms with E-state index in [-0.39, 0.29) is 5.95 Å². The van der Waals surface area contributed by atoms with Gasteiger partial charge in [0.2, 0.25) is 5.95 Å². The second-order valence-corrected chi connectivity index (χ2v) is 5.02. The van der Waals surface area contributed by atoms with Gasteiger partial charge < -0.3 is 11.1 Å². The van der Waals surface area contributed by atoms with E-state index >= 15 is 0 Å². The third kappa shape index (κ3) is 3.72. The Bertz CT molecular complexity index is 587. The molecule has 0 radical (unpaired) electrons. The average molecular weight is 297 g/mol. The Balaban J connectivity index is 1.98. The highest BCUT2D eigenvalue weighted by atomic mass is 35.5. The number of aromatic nitrogens is 2. The normalized spacial score (nSPS) is 10.5. The lowest BCUT2D eigenvalue weighted by molar-refractivity contribution is 0.995. The first-order chi connectivity index (χ1) is 9.06. The van der Waals surface area contributed by atoms with Crippen LogP contribution < -0.4 is 11.1 Å². The maximum atomic E-state index is 6.11. The lowest BCUT2D eigenvalue weighted by atomic mass is 10.1. The number of benzene rings is 1. The SMILES string of the molecule is Cc1cnc(N)nc1NCCc1ccc(Cl)cc1Cl. The summed E-state index contributed by atoms with van der Waals surface area (Å²) in [6.45, 7) is 2.63. The molecule has 2 rings (SSSR count). The molecule has 19 heavy (non-hydrogen) atoms. The Morgan fingerprint density at radius 2 is 2.11 bits per heavy atom. The summed E-state index contributed by atoms with van der Waals surface area (Å²) in [5, 5.41) is 4.54. The molecule has 0 aliphatic carbocycles. The summed E-state index contributed by atoms with van der Waals surface area (Å²) < 4.78 is 0. The van der Waals surface area contributed by atoms with E-state index in [2.05, 4.69) is 15.3 Å². The van der Waals surface area contributed by atoms with Gasteiger partial charge in [0.05, 0.1) is 0 Å². The van der Waals surface area contributed by atoms with Crippen LogP contribution in [0.25, 0.3) is 0 Å². The predicted octanol–water partition coefficient (Wildman–Crippen LogP) is 3.33. The van der Waals surface area contributed by atoms with Crippen LogP contribution in [0.5, 0.6) is 0 Å². The molecule has 0 saturated heterocycles. The molecule has 1 heterocycles. The number of hydrogen-bond donors (Lipinski definition) is 2. The van der Waals surface area contributed by atoms with Crippen molar-refractivity contribution in [2.24, 2.45) is 0 Å². The molecule has 2 aromatic rings. The van der Waals surface area contributed by atoms with Crippen LogP contribution in [0.4, 0.5) is 11.8 Å².